The predicted octanol–water partition coefficient (Wildman–Crippen LogP) is 6.13. The molecule has 0 amide bonds. The molecule has 1 atom stereocenters. The molecule has 3 heterocycles. The fourth-order valence-electron chi connectivity index (χ4n) is 3.75. The topological polar surface area (TPSA) is 66.2 Å². The van der Waals surface area contributed by atoms with Crippen molar-refractivity contribution in [2.45, 2.75) is 32.5 Å². The molecule has 0 saturated carbocycles. The van der Waals surface area contributed by atoms with Crippen molar-refractivity contribution in [2.75, 3.05) is 23.3 Å². The summed E-state index contributed by atoms with van der Waals surface area (Å²) < 4.78 is 46.2. The molecule has 4 rings (SSSR count). The summed E-state index contributed by atoms with van der Waals surface area (Å²) in [5.41, 5.74) is -0.145. The van der Waals surface area contributed by atoms with Gasteiger partial charge in [-0.25, -0.2) is 4.98 Å². The molecular formula is C23H23ClF3N5OS. The highest BCUT2D eigenvalue weighted by Crippen LogP contribution is 2.32. The molecule has 0 unspecified atom stereocenters. The molecule has 1 fully saturated rings. The van der Waals surface area contributed by atoms with Gasteiger partial charge in [-0.2, -0.15) is 18.2 Å². The van der Waals surface area contributed by atoms with Crippen LogP contribution in [0.5, 0.6) is 0 Å². The second-order valence-corrected chi connectivity index (χ2v) is 9.05. The van der Waals surface area contributed by atoms with Gasteiger partial charge in [0.25, 0.3) is 0 Å². The summed E-state index contributed by atoms with van der Waals surface area (Å²) in [6, 6.07) is 11.8. The Hall–Kier alpha value is -2.85. The summed E-state index contributed by atoms with van der Waals surface area (Å²) in [4.78, 5) is 9.78. The first-order valence-corrected chi connectivity index (χ1v) is 11.6. The molecule has 1 aliphatic heterocycles. The molecule has 1 aromatic carbocycles. The number of nitrogens with one attached hydrogen (secondary N) is 2. The lowest BCUT2D eigenvalue weighted by Crippen LogP contribution is -2.35. The fourth-order valence-corrected chi connectivity index (χ4v) is 4.04. The maximum atomic E-state index is 13.5. The molecule has 0 aliphatic carbocycles. The highest BCUT2D eigenvalue weighted by molar-refractivity contribution is 7.80. The number of furan rings is 1. The van der Waals surface area contributed by atoms with Crippen LogP contribution in [0.4, 0.5) is 24.9 Å². The third kappa shape index (κ3) is 6.18. The summed E-state index contributed by atoms with van der Waals surface area (Å²) in [7, 11) is 0. The number of alkyl halides is 3. The van der Waals surface area contributed by atoms with E-state index in [1.165, 1.54) is 0 Å². The molecule has 1 saturated heterocycles. The standard InChI is InChI=1S/C23H23ClF3N5OS/c1-14-3-2-10-32(13-14)20-11-19(23(25,26)27)29-21(30-20)31-22(34)28-12-17-8-9-18(33-17)15-4-6-16(24)7-5-15/h4-9,11,14H,2-3,10,12-13H2,1H3,(H2,28,29,30,31,34)/t14-/m1/s1. The van der Waals surface area contributed by atoms with E-state index in [0.717, 1.165) is 24.5 Å². The van der Waals surface area contributed by atoms with E-state index in [1.807, 2.05) is 23.1 Å². The van der Waals surface area contributed by atoms with Gasteiger partial charge in [0, 0.05) is 29.7 Å². The van der Waals surface area contributed by atoms with Crippen LogP contribution in [0.2, 0.25) is 5.02 Å². The maximum absolute atomic E-state index is 13.5. The van der Waals surface area contributed by atoms with Gasteiger partial charge in [0.15, 0.2) is 10.8 Å². The van der Waals surface area contributed by atoms with Crippen LogP contribution in [0.1, 0.15) is 31.2 Å². The number of thiocarbonyl (C=S) groups is 1. The van der Waals surface area contributed by atoms with Crippen LogP contribution in [0.3, 0.4) is 0 Å². The average molecular weight is 510 g/mol. The van der Waals surface area contributed by atoms with Gasteiger partial charge >= 0.3 is 6.18 Å². The molecule has 6 nitrogen and oxygen atoms in total. The van der Waals surface area contributed by atoms with Crippen molar-refractivity contribution in [3.05, 3.63) is 58.9 Å². The number of benzene rings is 1. The Balaban J connectivity index is 1.43. The minimum atomic E-state index is -4.60. The van der Waals surface area contributed by atoms with Crippen LogP contribution in [0.25, 0.3) is 11.3 Å². The molecule has 0 radical (unpaired) electrons. The van der Waals surface area contributed by atoms with Crippen LogP contribution in [0.15, 0.2) is 46.9 Å². The van der Waals surface area contributed by atoms with Gasteiger partial charge in [-0.15, -0.1) is 0 Å². The minimum absolute atomic E-state index is 0.0849. The Morgan fingerprint density at radius 2 is 1.97 bits per heavy atom. The molecule has 1 aliphatic rings. The van der Waals surface area contributed by atoms with Gasteiger partial charge in [-0.05, 0) is 67.4 Å². The summed E-state index contributed by atoms with van der Waals surface area (Å²) >= 11 is 11.2. The van der Waals surface area contributed by atoms with Gasteiger partial charge in [-0.1, -0.05) is 18.5 Å². The van der Waals surface area contributed by atoms with Crippen molar-refractivity contribution in [2.24, 2.45) is 5.92 Å². The van der Waals surface area contributed by atoms with E-state index in [9.17, 15) is 13.2 Å². The minimum Gasteiger partial charge on any atom is -0.459 e. The average Bonchev–Trinajstić information content (AvgIpc) is 3.26. The Labute approximate surface area is 205 Å². The van der Waals surface area contributed by atoms with Crippen LogP contribution < -0.4 is 15.5 Å². The van der Waals surface area contributed by atoms with Crippen LogP contribution in [0, 0.1) is 5.92 Å². The zero-order chi connectivity index (χ0) is 24.3. The first-order valence-electron chi connectivity index (χ1n) is 10.8. The molecule has 11 heteroatoms. The van der Waals surface area contributed by atoms with E-state index >= 15 is 0 Å². The normalized spacial score (nSPS) is 16.4. The lowest BCUT2D eigenvalue weighted by molar-refractivity contribution is -0.141. The van der Waals surface area contributed by atoms with Gasteiger partial charge in [0.1, 0.15) is 17.3 Å². The molecule has 3 aromatic rings. The Morgan fingerprint density at radius 1 is 1.21 bits per heavy atom. The number of anilines is 2. The molecule has 2 aromatic heterocycles. The van der Waals surface area contributed by atoms with Crippen LogP contribution >= 0.6 is 23.8 Å². The molecule has 2 N–H and O–H groups in total. The van der Waals surface area contributed by atoms with Crippen molar-refractivity contribution >= 4 is 40.7 Å². The van der Waals surface area contributed by atoms with Gasteiger partial charge in [0.2, 0.25) is 5.95 Å². The second-order valence-electron chi connectivity index (χ2n) is 8.21. The monoisotopic (exact) mass is 509 g/mol. The van der Waals surface area contributed by atoms with E-state index in [1.54, 1.807) is 18.2 Å². The highest BCUT2D eigenvalue weighted by atomic mass is 35.5. The number of aromatic nitrogens is 2. The van der Waals surface area contributed by atoms with Gasteiger partial charge in [-0.3, -0.25) is 0 Å². The quantitative estimate of drug-likeness (QED) is 0.401. The Kier molecular flexibility index (Phi) is 7.27. The second kappa shape index (κ2) is 10.2. The highest BCUT2D eigenvalue weighted by Gasteiger charge is 2.34. The fraction of sp³-hybridized carbons (Fsp3) is 0.348. The lowest BCUT2D eigenvalue weighted by atomic mass is 10.0. The Bertz CT molecular complexity index is 1150. The SMILES string of the molecule is C[C@@H]1CCCN(c2cc(C(F)(F)F)nc(NC(=S)NCc3ccc(-c4ccc(Cl)cc4)o3)n2)C1. The van der Waals surface area contributed by atoms with Crippen molar-refractivity contribution in [3.63, 3.8) is 0 Å². The van der Waals surface area contributed by atoms with Crippen LogP contribution in [-0.4, -0.2) is 28.2 Å². The molecule has 0 spiro atoms. The zero-order valence-corrected chi connectivity index (χ0v) is 19.9. The Morgan fingerprint density at radius 3 is 2.68 bits per heavy atom. The summed E-state index contributed by atoms with van der Waals surface area (Å²) in [6.07, 6.45) is -2.66. The van der Waals surface area contributed by atoms with E-state index in [0.29, 0.717) is 35.6 Å². The van der Waals surface area contributed by atoms with Crippen molar-refractivity contribution in [3.8, 4) is 11.3 Å². The predicted molar refractivity (Wildman–Crippen MR) is 130 cm³/mol. The third-order valence-electron chi connectivity index (χ3n) is 5.42. The summed E-state index contributed by atoms with van der Waals surface area (Å²) in [5.74, 6) is 1.67. The summed E-state index contributed by atoms with van der Waals surface area (Å²) in [5, 5.41) is 6.30. The van der Waals surface area contributed by atoms with E-state index in [2.05, 4.69) is 27.5 Å². The van der Waals surface area contributed by atoms with Gasteiger partial charge in [0.05, 0.1) is 6.54 Å². The van der Waals surface area contributed by atoms with Crippen LogP contribution in [-0.2, 0) is 12.7 Å². The number of halogens is 4. The number of hydrogen-bond donors (Lipinski definition) is 2. The molecular weight excluding hydrogens is 487 g/mol. The van der Waals surface area contributed by atoms with Crippen molar-refractivity contribution in [1.29, 1.82) is 0 Å². The van der Waals surface area contributed by atoms with E-state index in [4.69, 9.17) is 28.2 Å². The zero-order valence-electron chi connectivity index (χ0n) is 18.3. The third-order valence-corrected chi connectivity index (χ3v) is 5.92. The first-order chi connectivity index (χ1) is 16.2. The largest absolute Gasteiger partial charge is 0.459 e. The molecule has 0 bridgehead atoms. The number of rotatable bonds is 5. The van der Waals surface area contributed by atoms with Crippen molar-refractivity contribution < 1.29 is 17.6 Å². The summed E-state index contributed by atoms with van der Waals surface area (Å²) in [6.45, 7) is 3.60. The first kappa shape index (κ1) is 24.3. The smallest absolute Gasteiger partial charge is 0.433 e. The number of nitrogens with zero attached hydrogens (tertiary/aromatic N) is 3. The number of hydrogen-bond acceptors (Lipinski definition) is 5. The number of piperidine rings is 1. The molecule has 34 heavy (non-hydrogen) atoms. The lowest BCUT2D eigenvalue weighted by Gasteiger charge is -2.32. The van der Waals surface area contributed by atoms with E-state index in [-0.39, 0.29) is 23.4 Å². The maximum Gasteiger partial charge on any atom is 0.433 e. The van der Waals surface area contributed by atoms with Crippen molar-refractivity contribution in [1.82, 2.24) is 15.3 Å². The van der Waals surface area contributed by atoms with Gasteiger partial charge < -0.3 is 20.0 Å². The van der Waals surface area contributed by atoms with E-state index < -0.39 is 11.9 Å². The molecule has 180 valence electrons.